The number of ether oxygens (including phenoxy) is 2. The van der Waals surface area contributed by atoms with E-state index in [0.717, 1.165) is 6.07 Å². The predicted octanol–water partition coefficient (Wildman–Crippen LogP) is 2.92. The molecule has 0 spiro atoms. The molecule has 9 heteroatoms. The molecule has 3 aromatic rings. The normalized spacial score (nSPS) is 10.3. The molecule has 8 nitrogen and oxygen atoms in total. The summed E-state index contributed by atoms with van der Waals surface area (Å²) in [6, 6.07) is 9.43. The third kappa shape index (κ3) is 4.34. The smallest absolute Gasteiger partial charge is 0.339 e. The number of carboxylic acids is 1. The Kier molecular flexibility index (Phi) is 5.67. The van der Waals surface area contributed by atoms with Gasteiger partial charge >= 0.3 is 5.97 Å². The van der Waals surface area contributed by atoms with Crippen LogP contribution >= 0.6 is 11.6 Å². The van der Waals surface area contributed by atoms with Crippen molar-refractivity contribution in [2.75, 3.05) is 6.61 Å². The number of benzene rings is 2. The molecule has 1 aromatic heterocycles. The lowest BCUT2D eigenvalue weighted by Crippen LogP contribution is -2.02. The summed E-state index contributed by atoms with van der Waals surface area (Å²) in [4.78, 5) is 11.2. The molecule has 0 aliphatic carbocycles. The molecule has 28 heavy (non-hydrogen) atoms. The first-order chi connectivity index (χ1) is 13.5. The van der Waals surface area contributed by atoms with Crippen LogP contribution in [-0.2, 0) is 6.61 Å². The van der Waals surface area contributed by atoms with Crippen molar-refractivity contribution < 1.29 is 24.5 Å². The Hall–Kier alpha value is -3.70. The Balaban J connectivity index is 1.71. The van der Waals surface area contributed by atoms with Gasteiger partial charge in [0.25, 0.3) is 0 Å². The zero-order valence-electron chi connectivity index (χ0n) is 14.4. The molecule has 0 radical (unpaired) electrons. The van der Waals surface area contributed by atoms with E-state index in [9.17, 15) is 9.90 Å². The summed E-state index contributed by atoms with van der Waals surface area (Å²) in [7, 11) is 0. The summed E-state index contributed by atoms with van der Waals surface area (Å²) in [6.07, 6.45) is 6.64. The lowest BCUT2D eigenvalue weighted by atomic mass is 10.1. The first-order valence-corrected chi connectivity index (χ1v) is 8.32. The van der Waals surface area contributed by atoms with E-state index in [1.807, 2.05) is 0 Å². The minimum atomic E-state index is -1.31. The van der Waals surface area contributed by atoms with Gasteiger partial charge in [-0.05, 0) is 36.4 Å². The summed E-state index contributed by atoms with van der Waals surface area (Å²) in [5.74, 6) is 1.82. The molecule has 0 aliphatic rings. The minimum Gasteiger partial charge on any atom is -0.505 e. The second kappa shape index (κ2) is 8.33. The molecule has 0 atom stereocenters. The van der Waals surface area contributed by atoms with Crippen LogP contribution in [0.25, 0.3) is 5.69 Å². The van der Waals surface area contributed by atoms with E-state index in [0.29, 0.717) is 17.2 Å². The number of carboxylic acid groups (broad SMARTS) is 1. The lowest BCUT2D eigenvalue weighted by molar-refractivity contribution is 0.0693. The highest BCUT2D eigenvalue weighted by atomic mass is 35.5. The molecule has 142 valence electrons. The van der Waals surface area contributed by atoms with Gasteiger partial charge < -0.3 is 19.7 Å². The number of terminal acetylenes is 1. The topological polar surface area (TPSA) is 107 Å². The molecular formula is C19H14ClN3O5. The van der Waals surface area contributed by atoms with Crippen LogP contribution in [0.5, 0.6) is 17.2 Å². The summed E-state index contributed by atoms with van der Waals surface area (Å²) < 4.78 is 12.1. The number of halogens is 1. The van der Waals surface area contributed by atoms with Crippen molar-refractivity contribution in [3.63, 3.8) is 0 Å². The summed E-state index contributed by atoms with van der Waals surface area (Å²) in [5, 5.41) is 27.3. The van der Waals surface area contributed by atoms with Crippen LogP contribution < -0.4 is 9.47 Å². The van der Waals surface area contributed by atoms with E-state index in [1.165, 1.54) is 16.9 Å². The van der Waals surface area contributed by atoms with Gasteiger partial charge in [-0.3, -0.25) is 0 Å². The molecule has 0 aliphatic heterocycles. The van der Waals surface area contributed by atoms with Crippen molar-refractivity contribution in [1.82, 2.24) is 15.0 Å². The number of phenols is 1. The van der Waals surface area contributed by atoms with E-state index >= 15 is 0 Å². The highest BCUT2D eigenvalue weighted by Crippen LogP contribution is 2.30. The Morgan fingerprint density at radius 2 is 1.89 bits per heavy atom. The predicted molar refractivity (Wildman–Crippen MR) is 100 cm³/mol. The maximum absolute atomic E-state index is 11.2. The second-order valence-electron chi connectivity index (χ2n) is 5.53. The molecule has 0 amide bonds. The molecule has 2 aromatic carbocycles. The fourth-order valence-corrected chi connectivity index (χ4v) is 2.53. The van der Waals surface area contributed by atoms with Gasteiger partial charge in [-0.15, -0.1) is 11.5 Å². The Morgan fingerprint density at radius 1 is 1.21 bits per heavy atom. The van der Waals surface area contributed by atoms with Crippen molar-refractivity contribution >= 4 is 17.6 Å². The van der Waals surface area contributed by atoms with Crippen molar-refractivity contribution in [1.29, 1.82) is 0 Å². The summed E-state index contributed by atoms with van der Waals surface area (Å²) in [6.45, 7) is 0.293. The van der Waals surface area contributed by atoms with Gasteiger partial charge in [-0.25, -0.2) is 9.48 Å². The number of hydrogen-bond acceptors (Lipinski definition) is 6. The van der Waals surface area contributed by atoms with Crippen LogP contribution in [-0.4, -0.2) is 37.8 Å². The lowest BCUT2D eigenvalue weighted by Gasteiger charge is -2.07. The number of aromatic carboxylic acids is 1. The summed E-state index contributed by atoms with van der Waals surface area (Å²) in [5.41, 5.74) is 0.227. The molecule has 0 saturated carbocycles. The van der Waals surface area contributed by atoms with Crippen molar-refractivity contribution in [2.45, 2.75) is 6.61 Å². The number of hydrogen-bond donors (Lipinski definition) is 2. The number of nitrogens with zero attached hydrogens (tertiary/aromatic N) is 3. The Morgan fingerprint density at radius 3 is 2.54 bits per heavy atom. The maximum atomic E-state index is 11.2. The zero-order chi connectivity index (χ0) is 20.1. The van der Waals surface area contributed by atoms with E-state index < -0.39 is 11.7 Å². The average Bonchev–Trinajstić information content (AvgIpc) is 3.15. The summed E-state index contributed by atoms with van der Waals surface area (Å²) >= 11 is 5.93. The number of aromatic nitrogens is 3. The fourth-order valence-electron chi connectivity index (χ4n) is 2.32. The van der Waals surface area contributed by atoms with E-state index in [1.54, 1.807) is 24.3 Å². The molecule has 1 heterocycles. The van der Waals surface area contributed by atoms with Crippen LogP contribution in [0.1, 0.15) is 16.1 Å². The highest BCUT2D eigenvalue weighted by Gasteiger charge is 2.17. The van der Waals surface area contributed by atoms with Gasteiger partial charge in [-0.2, -0.15) is 0 Å². The van der Waals surface area contributed by atoms with E-state index in [2.05, 4.69) is 16.2 Å². The molecular weight excluding hydrogens is 386 g/mol. The Bertz CT molecular complexity index is 1040. The van der Waals surface area contributed by atoms with Gasteiger partial charge in [0, 0.05) is 5.02 Å². The number of aromatic hydroxyl groups is 1. The highest BCUT2D eigenvalue weighted by molar-refractivity contribution is 6.31. The number of rotatable bonds is 7. The fraction of sp³-hybridized carbons (Fsp3) is 0.105. The second-order valence-corrected chi connectivity index (χ2v) is 5.97. The Labute approximate surface area is 164 Å². The zero-order valence-corrected chi connectivity index (χ0v) is 15.1. The monoisotopic (exact) mass is 399 g/mol. The largest absolute Gasteiger partial charge is 0.505 e. The molecule has 0 unspecified atom stereocenters. The quantitative estimate of drug-likeness (QED) is 0.588. The van der Waals surface area contributed by atoms with Crippen LogP contribution in [0.4, 0.5) is 0 Å². The van der Waals surface area contributed by atoms with Crippen LogP contribution in [0.2, 0.25) is 5.02 Å². The van der Waals surface area contributed by atoms with Crippen LogP contribution in [0.15, 0.2) is 42.6 Å². The van der Waals surface area contributed by atoms with Crippen molar-refractivity contribution in [2.24, 2.45) is 0 Å². The number of carbonyl (C=O) groups is 1. The molecule has 0 saturated heterocycles. The van der Waals surface area contributed by atoms with Crippen LogP contribution in [0, 0.1) is 12.3 Å². The van der Waals surface area contributed by atoms with E-state index in [-0.39, 0.29) is 29.5 Å². The third-order valence-corrected chi connectivity index (χ3v) is 3.82. The standard InChI is InChI=1S/C19H14ClN3O5/c1-2-7-27-14-3-5-15(6-4-14)28-11-13-10-23(22-21-13)17-9-12(20)8-16(18(17)24)19(25)26/h1,3-6,8-10,24H,7,11H2,(H,25,26). The van der Waals surface area contributed by atoms with E-state index in [4.69, 9.17) is 32.6 Å². The van der Waals surface area contributed by atoms with Gasteiger partial charge in [0.2, 0.25) is 0 Å². The van der Waals surface area contributed by atoms with Crippen LogP contribution in [0.3, 0.4) is 0 Å². The SMILES string of the molecule is C#CCOc1ccc(OCc2cn(-c3cc(Cl)cc(C(=O)O)c3O)nn2)cc1. The average molecular weight is 400 g/mol. The van der Waals surface area contributed by atoms with Crippen molar-refractivity contribution in [3.05, 3.63) is 58.9 Å². The first kappa shape index (κ1) is 19.1. The maximum Gasteiger partial charge on any atom is 0.339 e. The molecule has 0 bridgehead atoms. The van der Waals surface area contributed by atoms with Gasteiger partial charge in [-0.1, -0.05) is 22.7 Å². The van der Waals surface area contributed by atoms with Gasteiger partial charge in [0.1, 0.15) is 41.7 Å². The van der Waals surface area contributed by atoms with Gasteiger partial charge in [0.05, 0.1) is 6.20 Å². The third-order valence-electron chi connectivity index (χ3n) is 3.61. The van der Waals surface area contributed by atoms with Crippen molar-refractivity contribution in [3.8, 4) is 35.3 Å². The molecule has 0 fully saturated rings. The first-order valence-electron chi connectivity index (χ1n) is 7.94. The van der Waals surface area contributed by atoms with Gasteiger partial charge in [0.15, 0.2) is 5.75 Å². The molecule has 2 N–H and O–H groups in total. The minimum absolute atomic E-state index is 0.0960. The molecule has 3 rings (SSSR count).